The molecule has 1 aliphatic heterocycles. The van der Waals surface area contributed by atoms with E-state index in [4.69, 9.17) is 21.3 Å². The van der Waals surface area contributed by atoms with Crippen LogP contribution in [0.1, 0.15) is 54.5 Å². The predicted molar refractivity (Wildman–Crippen MR) is 157 cm³/mol. The molecule has 1 N–H and O–H groups in total. The number of Topliss-reactive ketones (excluding diaryl/α,β-unsaturated/α-hetero) is 1. The molecule has 8 heteroatoms. The van der Waals surface area contributed by atoms with Crippen LogP contribution in [0.25, 0.3) is 16.0 Å². The second-order valence-electron chi connectivity index (χ2n) is 9.73. The molecule has 1 fully saturated rings. The van der Waals surface area contributed by atoms with Crippen molar-refractivity contribution in [3.63, 3.8) is 0 Å². The average Bonchev–Trinajstić information content (AvgIpc) is 3.45. The van der Waals surface area contributed by atoms with Gasteiger partial charge >= 0.3 is 5.91 Å². The topological polar surface area (TPSA) is 79.7 Å². The summed E-state index contributed by atoms with van der Waals surface area (Å²) >= 11 is 7.40. The molecular formula is C31H29ClN2O4S. The van der Waals surface area contributed by atoms with Gasteiger partial charge in [-0.25, -0.2) is 4.98 Å². The van der Waals surface area contributed by atoms with Gasteiger partial charge in [-0.2, -0.15) is 0 Å². The lowest BCUT2D eigenvalue weighted by atomic mass is 9.95. The predicted octanol–water partition coefficient (Wildman–Crippen LogP) is 7.76. The van der Waals surface area contributed by atoms with Gasteiger partial charge in [0.05, 0.1) is 28.4 Å². The molecule has 4 aromatic rings. The summed E-state index contributed by atoms with van der Waals surface area (Å²) in [6.45, 7) is 6.69. The molecule has 2 heterocycles. The molecule has 0 aliphatic carbocycles. The monoisotopic (exact) mass is 560 g/mol. The fourth-order valence-corrected chi connectivity index (χ4v) is 6.18. The Morgan fingerprint density at radius 3 is 2.59 bits per heavy atom. The van der Waals surface area contributed by atoms with Crippen molar-refractivity contribution in [3.8, 4) is 5.75 Å². The van der Waals surface area contributed by atoms with E-state index in [2.05, 4.69) is 6.92 Å². The highest BCUT2D eigenvalue weighted by Gasteiger charge is 2.48. The Morgan fingerprint density at radius 2 is 1.85 bits per heavy atom. The van der Waals surface area contributed by atoms with Crippen LogP contribution in [0.4, 0.5) is 5.13 Å². The van der Waals surface area contributed by atoms with Crippen LogP contribution >= 0.6 is 22.9 Å². The summed E-state index contributed by atoms with van der Waals surface area (Å²) in [5.74, 6) is -1.14. The van der Waals surface area contributed by atoms with Crippen LogP contribution in [0.3, 0.4) is 0 Å². The van der Waals surface area contributed by atoms with Gasteiger partial charge in [0.1, 0.15) is 11.5 Å². The van der Waals surface area contributed by atoms with Gasteiger partial charge in [0.2, 0.25) is 0 Å². The van der Waals surface area contributed by atoms with E-state index in [0.29, 0.717) is 33.6 Å². The number of nitrogens with zero attached hydrogens (tertiary/aromatic N) is 2. The average molecular weight is 561 g/mol. The summed E-state index contributed by atoms with van der Waals surface area (Å²) in [6, 6.07) is 17.0. The molecule has 39 heavy (non-hydrogen) atoms. The van der Waals surface area contributed by atoms with E-state index in [1.54, 1.807) is 24.3 Å². The van der Waals surface area contributed by atoms with Crippen LogP contribution in [-0.4, -0.2) is 28.4 Å². The Balaban J connectivity index is 1.66. The number of ether oxygens (including phenoxy) is 1. The number of carbonyl (C=O) groups excluding carboxylic acids is 2. The zero-order valence-corrected chi connectivity index (χ0v) is 23.6. The van der Waals surface area contributed by atoms with Crippen molar-refractivity contribution in [1.82, 2.24) is 4.98 Å². The maximum Gasteiger partial charge on any atom is 0.301 e. The summed E-state index contributed by atoms with van der Waals surface area (Å²) in [4.78, 5) is 33.3. The quantitative estimate of drug-likeness (QED) is 0.103. The number of fused-ring (bicyclic) bond motifs is 1. The van der Waals surface area contributed by atoms with Crippen molar-refractivity contribution in [2.45, 2.75) is 46.1 Å². The fourth-order valence-electron chi connectivity index (χ4n) is 4.89. The number of aliphatic hydroxyl groups excluding tert-OH is 1. The molecule has 1 unspecified atom stereocenters. The van der Waals surface area contributed by atoms with Crippen LogP contribution in [0.5, 0.6) is 5.75 Å². The van der Waals surface area contributed by atoms with Crippen molar-refractivity contribution in [1.29, 1.82) is 0 Å². The van der Waals surface area contributed by atoms with Crippen molar-refractivity contribution in [3.05, 3.63) is 93.5 Å². The van der Waals surface area contributed by atoms with Crippen LogP contribution < -0.4 is 9.64 Å². The Morgan fingerprint density at radius 1 is 1.08 bits per heavy atom. The third-order valence-electron chi connectivity index (χ3n) is 6.78. The van der Waals surface area contributed by atoms with Crippen LogP contribution in [0.2, 0.25) is 5.02 Å². The van der Waals surface area contributed by atoms with Crippen molar-refractivity contribution >= 4 is 55.7 Å². The minimum Gasteiger partial charge on any atom is -0.507 e. The molecule has 5 rings (SSSR count). The molecule has 1 amide bonds. The van der Waals surface area contributed by atoms with E-state index in [0.717, 1.165) is 40.6 Å². The number of hydrogen-bond acceptors (Lipinski definition) is 6. The van der Waals surface area contributed by atoms with Gasteiger partial charge in [-0.1, -0.05) is 60.9 Å². The molecule has 1 aromatic heterocycles. The highest BCUT2D eigenvalue weighted by molar-refractivity contribution is 7.22. The highest BCUT2D eigenvalue weighted by Crippen LogP contribution is 2.45. The molecule has 200 valence electrons. The number of aromatic nitrogens is 1. The smallest absolute Gasteiger partial charge is 0.301 e. The van der Waals surface area contributed by atoms with E-state index >= 15 is 0 Å². The van der Waals surface area contributed by atoms with Gasteiger partial charge < -0.3 is 9.84 Å². The number of carbonyl (C=O) groups is 2. The number of rotatable bonds is 8. The van der Waals surface area contributed by atoms with Gasteiger partial charge in [-0.3, -0.25) is 14.5 Å². The lowest BCUT2D eigenvalue weighted by Gasteiger charge is -2.23. The highest BCUT2D eigenvalue weighted by atomic mass is 35.5. The number of unbranched alkanes of at least 4 members (excludes halogenated alkanes) is 2. The van der Waals surface area contributed by atoms with E-state index in [1.807, 2.05) is 50.2 Å². The number of benzene rings is 3. The van der Waals surface area contributed by atoms with Gasteiger partial charge in [0.15, 0.2) is 5.13 Å². The molecule has 1 atom stereocenters. The van der Waals surface area contributed by atoms with E-state index in [-0.39, 0.29) is 11.3 Å². The van der Waals surface area contributed by atoms with Gasteiger partial charge in [-0.15, -0.1) is 0 Å². The normalized spacial score (nSPS) is 16.8. The first kappa shape index (κ1) is 26.9. The summed E-state index contributed by atoms with van der Waals surface area (Å²) < 4.78 is 6.90. The molecule has 1 aliphatic rings. The summed E-state index contributed by atoms with van der Waals surface area (Å²) in [5.41, 5.74) is 3.90. The standard InChI is InChI=1S/C31H29ClN2O4S/c1-4-5-6-14-38-23-9-7-8-21(17-23)27-25(28(35)20-10-12-22(32)13-11-20)29(36)30(37)34(27)31-33-26-19(3)15-18(2)16-24(26)39-31/h7-13,15-17,27,35H,4-6,14H2,1-3H3. The van der Waals surface area contributed by atoms with Gasteiger partial charge in [0.25, 0.3) is 5.78 Å². The lowest BCUT2D eigenvalue weighted by Crippen LogP contribution is -2.29. The van der Waals surface area contributed by atoms with E-state index in [1.165, 1.54) is 16.2 Å². The maximum atomic E-state index is 13.6. The van der Waals surface area contributed by atoms with E-state index in [9.17, 15) is 14.7 Å². The number of aryl methyl sites for hydroxylation is 2. The summed E-state index contributed by atoms with van der Waals surface area (Å²) in [5, 5.41) is 12.3. The molecule has 1 saturated heterocycles. The number of thiazole rings is 1. The van der Waals surface area contributed by atoms with Crippen molar-refractivity contribution < 1.29 is 19.4 Å². The molecule has 0 saturated carbocycles. The van der Waals surface area contributed by atoms with Crippen molar-refractivity contribution in [2.75, 3.05) is 11.5 Å². The molecule has 0 radical (unpaired) electrons. The minimum atomic E-state index is -0.887. The minimum absolute atomic E-state index is 0.00221. The van der Waals surface area contributed by atoms with Crippen LogP contribution in [-0.2, 0) is 9.59 Å². The maximum absolute atomic E-state index is 13.6. The Hall–Kier alpha value is -3.68. The first-order chi connectivity index (χ1) is 18.8. The van der Waals surface area contributed by atoms with Gasteiger partial charge in [0, 0.05) is 10.6 Å². The number of anilines is 1. The number of halogens is 1. The molecule has 3 aromatic carbocycles. The third kappa shape index (κ3) is 5.29. The molecule has 0 spiro atoms. The lowest BCUT2D eigenvalue weighted by molar-refractivity contribution is -0.132. The zero-order chi connectivity index (χ0) is 27.7. The summed E-state index contributed by atoms with van der Waals surface area (Å²) in [6.07, 6.45) is 3.08. The van der Waals surface area contributed by atoms with Crippen LogP contribution in [0.15, 0.2) is 66.2 Å². The molecule has 0 bridgehead atoms. The second kappa shape index (κ2) is 11.2. The Bertz CT molecular complexity index is 1590. The Kier molecular flexibility index (Phi) is 7.73. The Labute approximate surface area is 236 Å². The van der Waals surface area contributed by atoms with Crippen molar-refractivity contribution in [2.24, 2.45) is 0 Å². The largest absolute Gasteiger partial charge is 0.507 e. The molecular weight excluding hydrogens is 532 g/mol. The second-order valence-corrected chi connectivity index (χ2v) is 11.2. The number of amides is 1. The zero-order valence-electron chi connectivity index (χ0n) is 22.0. The first-order valence-corrected chi connectivity index (χ1v) is 14.2. The number of ketones is 1. The van der Waals surface area contributed by atoms with Gasteiger partial charge in [-0.05, 0) is 79.4 Å². The van der Waals surface area contributed by atoms with E-state index < -0.39 is 17.7 Å². The third-order valence-corrected chi connectivity index (χ3v) is 8.03. The number of aliphatic hydroxyl groups is 1. The first-order valence-electron chi connectivity index (χ1n) is 13.0. The van der Waals surface area contributed by atoms with Crippen LogP contribution in [0, 0.1) is 13.8 Å². The fraction of sp³-hybridized carbons (Fsp3) is 0.258. The molecule has 6 nitrogen and oxygen atoms in total. The SMILES string of the molecule is CCCCCOc1cccc(C2C(=C(O)c3ccc(Cl)cc3)C(=O)C(=O)N2c2nc3c(C)cc(C)cc3s2)c1. The number of hydrogen-bond donors (Lipinski definition) is 1. The summed E-state index contributed by atoms with van der Waals surface area (Å²) in [7, 11) is 0.